The summed E-state index contributed by atoms with van der Waals surface area (Å²) in [5.41, 5.74) is 0.509. The minimum absolute atomic E-state index is 0.131. The Morgan fingerprint density at radius 3 is 2.33 bits per heavy atom. The van der Waals surface area contributed by atoms with Gasteiger partial charge in [-0.15, -0.1) is 0 Å². The van der Waals surface area contributed by atoms with Crippen LogP contribution in [-0.2, 0) is 11.2 Å². The molecule has 1 heterocycles. The van der Waals surface area contributed by atoms with E-state index in [-0.39, 0.29) is 5.91 Å². The van der Waals surface area contributed by atoms with Gasteiger partial charge in [0.15, 0.2) is 0 Å². The normalized spacial score (nSPS) is 16.6. The van der Waals surface area contributed by atoms with Gasteiger partial charge in [-0.2, -0.15) is 5.26 Å². The van der Waals surface area contributed by atoms with Crippen LogP contribution in [0.1, 0.15) is 19.4 Å². The number of nitrogens with zero attached hydrogens (tertiary/aromatic N) is 3. The monoisotopic (exact) mass is 305 g/mol. The molecule has 0 unspecified atom stereocenters. The third-order valence-corrected chi connectivity index (χ3v) is 4.22. The molecule has 1 aromatic carbocycles. The molecule has 0 aliphatic carbocycles. The van der Waals surface area contributed by atoms with Crippen LogP contribution in [0.5, 0.6) is 0 Å². The molecule has 1 fully saturated rings. The van der Waals surface area contributed by atoms with Crippen molar-refractivity contribution >= 4 is 17.5 Å². The summed E-state index contributed by atoms with van der Waals surface area (Å²) >= 11 is 5.84. The molecule has 4 nitrogen and oxygen atoms in total. The van der Waals surface area contributed by atoms with Crippen molar-refractivity contribution in [3.05, 3.63) is 34.9 Å². The highest BCUT2D eigenvalue weighted by Crippen LogP contribution is 2.17. The van der Waals surface area contributed by atoms with Gasteiger partial charge < -0.3 is 4.90 Å². The lowest BCUT2D eigenvalue weighted by atomic mass is 10.0. The third-order valence-electron chi connectivity index (χ3n) is 3.97. The quantitative estimate of drug-likeness (QED) is 0.861. The Bertz CT molecular complexity index is 540. The highest BCUT2D eigenvalue weighted by molar-refractivity contribution is 6.30. The van der Waals surface area contributed by atoms with Crippen molar-refractivity contribution in [2.45, 2.75) is 25.8 Å². The van der Waals surface area contributed by atoms with Crippen molar-refractivity contribution in [2.75, 3.05) is 26.2 Å². The molecule has 1 saturated heterocycles. The molecule has 0 spiro atoms. The van der Waals surface area contributed by atoms with Crippen molar-refractivity contribution in [3.8, 4) is 6.07 Å². The highest BCUT2D eigenvalue weighted by Gasteiger charge is 2.30. The Morgan fingerprint density at radius 2 is 1.81 bits per heavy atom. The summed E-state index contributed by atoms with van der Waals surface area (Å²) in [7, 11) is 0. The van der Waals surface area contributed by atoms with Gasteiger partial charge in [-0.1, -0.05) is 23.7 Å². The first-order valence-corrected chi connectivity index (χ1v) is 7.49. The van der Waals surface area contributed by atoms with Crippen LogP contribution in [-0.4, -0.2) is 47.4 Å². The van der Waals surface area contributed by atoms with Gasteiger partial charge in [-0.05, 0) is 31.5 Å². The average molecular weight is 306 g/mol. The zero-order chi connectivity index (χ0) is 15.5. The van der Waals surface area contributed by atoms with E-state index in [4.69, 9.17) is 16.9 Å². The van der Waals surface area contributed by atoms with Crippen LogP contribution >= 0.6 is 11.6 Å². The van der Waals surface area contributed by atoms with Crippen molar-refractivity contribution in [1.29, 1.82) is 5.26 Å². The fourth-order valence-corrected chi connectivity index (χ4v) is 2.60. The van der Waals surface area contributed by atoms with E-state index < -0.39 is 5.54 Å². The van der Waals surface area contributed by atoms with Gasteiger partial charge in [0, 0.05) is 31.2 Å². The zero-order valence-corrected chi connectivity index (χ0v) is 13.2. The van der Waals surface area contributed by atoms with Crippen LogP contribution in [0.25, 0.3) is 0 Å². The fourth-order valence-electron chi connectivity index (χ4n) is 2.47. The standard InChI is InChI=1S/C16H20ClN3O/c1-16(2,12-18)20-9-7-19(8-10-20)15(21)11-13-3-5-14(17)6-4-13/h3-6H,7-11H2,1-2H3. The smallest absolute Gasteiger partial charge is 0.227 e. The maximum absolute atomic E-state index is 12.3. The van der Waals surface area contributed by atoms with Crippen LogP contribution in [0.2, 0.25) is 5.02 Å². The van der Waals surface area contributed by atoms with Gasteiger partial charge in [0.2, 0.25) is 5.91 Å². The zero-order valence-electron chi connectivity index (χ0n) is 12.5. The van der Waals surface area contributed by atoms with Crippen molar-refractivity contribution < 1.29 is 4.79 Å². The Kier molecular flexibility index (Phi) is 4.87. The Balaban J connectivity index is 1.89. The first-order chi connectivity index (χ1) is 9.92. The number of hydrogen-bond acceptors (Lipinski definition) is 3. The summed E-state index contributed by atoms with van der Waals surface area (Å²) in [4.78, 5) is 16.3. The molecule has 0 aromatic heterocycles. The van der Waals surface area contributed by atoms with Crippen molar-refractivity contribution in [3.63, 3.8) is 0 Å². The number of halogens is 1. The van der Waals surface area contributed by atoms with E-state index in [1.165, 1.54) is 0 Å². The van der Waals surface area contributed by atoms with Gasteiger partial charge >= 0.3 is 0 Å². The SMILES string of the molecule is CC(C)(C#N)N1CCN(C(=O)Cc2ccc(Cl)cc2)CC1. The van der Waals surface area contributed by atoms with E-state index >= 15 is 0 Å². The van der Waals surface area contributed by atoms with Gasteiger partial charge in [-0.25, -0.2) is 0 Å². The molecule has 5 heteroatoms. The summed E-state index contributed by atoms with van der Waals surface area (Å²) in [6, 6.07) is 9.68. The lowest BCUT2D eigenvalue weighted by Crippen LogP contribution is -2.55. The van der Waals surface area contributed by atoms with Crippen molar-refractivity contribution in [1.82, 2.24) is 9.80 Å². The molecule has 0 radical (unpaired) electrons. The number of carbonyl (C=O) groups is 1. The molecule has 0 bridgehead atoms. The number of carbonyl (C=O) groups excluding carboxylic acids is 1. The molecule has 0 saturated carbocycles. The van der Waals surface area contributed by atoms with Crippen LogP contribution in [0.3, 0.4) is 0 Å². The molecule has 112 valence electrons. The molecule has 2 rings (SSSR count). The topological polar surface area (TPSA) is 47.3 Å². The number of piperazine rings is 1. The lowest BCUT2D eigenvalue weighted by molar-refractivity contribution is -0.132. The largest absolute Gasteiger partial charge is 0.340 e. The summed E-state index contributed by atoms with van der Waals surface area (Å²) < 4.78 is 0. The molecule has 1 aromatic rings. The Labute approximate surface area is 130 Å². The lowest BCUT2D eigenvalue weighted by Gasteiger charge is -2.40. The van der Waals surface area contributed by atoms with E-state index in [9.17, 15) is 4.79 Å². The molecular weight excluding hydrogens is 286 g/mol. The number of benzene rings is 1. The first kappa shape index (κ1) is 15.8. The predicted molar refractivity (Wildman–Crippen MR) is 83.0 cm³/mol. The average Bonchev–Trinajstić information content (AvgIpc) is 2.49. The van der Waals surface area contributed by atoms with Crippen LogP contribution in [0.4, 0.5) is 0 Å². The summed E-state index contributed by atoms with van der Waals surface area (Å²) in [6.45, 7) is 6.67. The number of hydrogen-bond donors (Lipinski definition) is 0. The molecule has 21 heavy (non-hydrogen) atoms. The maximum Gasteiger partial charge on any atom is 0.227 e. The van der Waals surface area contributed by atoms with Gasteiger partial charge in [0.05, 0.1) is 12.5 Å². The van der Waals surface area contributed by atoms with Crippen molar-refractivity contribution in [2.24, 2.45) is 0 Å². The molecular formula is C16H20ClN3O. The van der Waals surface area contributed by atoms with E-state index in [1.54, 1.807) is 12.1 Å². The van der Waals surface area contributed by atoms with Crippen LogP contribution in [0.15, 0.2) is 24.3 Å². The Morgan fingerprint density at radius 1 is 1.24 bits per heavy atom. The minimum Gasteiger partial charge on any atom is -0.340 e. The second kappa shape index (κ2) is 6.46. The summed E-state index contributed by atoms with van der Waals surface area (Å²) in [6.07, 6.45) is 0.402. The Hall–Kier alpha value is -1.57. The molecule has 0 N–H and O–H groups in total. The summed E-state index contributed by atoms with van der Waals surface area (Å²) in [5, 5.41) is 9.83. The summed E-state index contributed by atoms with van der Waals surface area (Å²) in [5.74, 6) is 0.131. The van der Waals surface area contributed by atoms with E-state index in [0.29, 0.717) is 24.5 Å². The second-order valence-corrected chi connectivity index (χ2v) is 6.28. The predicted octanol–water partition coefficient (Wildman–Crippen LogP) is 2.33. The second-order valence-electron chi connectivity index (χ2n) is 5.84. The third kappa shape index (κ3) is 3.96. The van der Waals surface area contributed by atoms with Gasteiger partial charge in [0.25, 0.3) is 0 Å². The van der Waals surface area contributed by atoms with E-state index in [1.807, 2.05) is 30.9 Å². The van der Waals surface area contributed by atoms with E-state index in [2.05, 4.69) is 11.0 Å². The van der Waals surface area contributed by atoms with Crippen LogP contribution < -0.4 is 0 Å². The fraction of sp³-hybridized carbons (Fsp3) is 0.500. The number of rotatable bonds is 3. The molecule has 1 aliphatic rings. The van der Waals surface area contributed by atoms with Crippen LogP contribution in [0, 0.1) is 11.3 Å². The highest BCUT2D eigenvalue weighted by atomic mass is 35.5. The maximum atomic E-state index is 12.3. The number of nitriles is 1. The van der Waals surface area contributed by atoms with E-state index in [0.717, 1.165) is 18.7 Å². The van der Waals surface area contributed by atoms with Gasteiger partial charge in [0.1, 0.15) is 5.54 Å². The number of amides is 1. The van der Waals surface area contributed by atoms with Gasteiger partial charge in [-0.3, -0.25) is 9.69 Å². The molecule has 1 amide bonds. The molecule has 0 atom stereocenters. The minimum atomic E-state index is -0.467. The molecule has 1 aliphatic heterocycles. The first-order valence-electron chi connectivity index (χ1n) is 7.11.